The minimum atomic E-state index is 1.03. The molecule has 0 bridgehead atoms. The van der Waals surface area contributed by atoms with Crippen molar-refractivity contribution in [3.05, 3.63) is 0 Å². The fourth-order valence-corrected chi connectivity index (χ4v) is 0.936. The highest BCUT2D eigenvalue weighted by Gasteiger charge is 1.85. The van der Waals surface area contributed by atoms with E-state index in [1.165, 1.54) is 32.1 Å². The van der Waals surface area contributed by atoms with Gasteiger partial charge in [0.1, 0.15) is 0 Å². The fourth-order valence-electron chi connectivity index (χ4n) is 0.936. The van der Waals surface area contributed by atoms with Crippen molar-refractivity contribution in [1.29, 1.82) is 0 Å². The Balaban J connectivity index is 2.77. The average molecular weight is 141 g/mol. The first-order chi connectivity index (χ1) is 4.91. The van der Waals surface area contributed by atoms with Crippen LogP contribution in [-0.2, 0) is 0 Å². The van der Waals surface area contributed by atoms with Gasteiger partial charge in [-0.25, -0.2) is 0 Å². The van der Waals surface area contributed by atoms with Gasteiger partial charge in [-0.2, -0.15) is 0 Å². The molecule has 0 saturated carbocycles. The van der Waals surface area contributed by atoms with Gasteiger partial charge in [0.25, 0.3) is 0 Å². The molecule has 0 aliphatic carbocycles. The summed E-state index contributed by atoms with van der Waals surface area (Å²) in [6, 6.07) is 0. The summed E-state index contributed by atoms with van der Waals surface area (Å²) in [4.78, 5) is 4.14. The summed E-state index contributed by atoms with van der Waals surface area (Å²) in [7, 11) is 0. The molecule has 10 heavy (non-hydrogen) atoms. The fraction of sp³-hybridized carbons (Fsp3) is 0.889. The van der Waals surface area contributed by atoms with Crippen LogP contribution in [0.1, 0.15) is 46.0 Å². The Hall–Kier alpha value is -0.330. The van der Waals surface area contributed by atoms with Crippen molar-refractivity contribution in [2.75, 3.05) is 6.54 Å². The summed E-state index contributed by atoms with van der Waals surface area (Å²) in [6.45, 7) is 5.25. The molecular weight excluding hydrogens is 122 g/mol. The van der Waals surface area contributed by atoms with Gasteiger partial charge in [-0.3, -0.25) is 4.99 Å². The number of unbranched alkanes of at least 4 members (excludes halogenated alkanes) is 4. The lowest BCUT2D eigenvalue weighted by molar-refractivity contribution is 0.639. The highest BCUT2D eigenvalue weighted by atomic mass is 14.7. The predicted molar refractivity (Wildman–Crippen MR) is 47.8 cm³/mol. The van der Waals surface area contributed by atoms with E-state index in [9.17, 15) is 0 Å². The van der Waals surface area contributed by atoms with Gasteiger partial charge in [-0.15, -0.1) is 0 Å². The normalized spacial score (nSPS) is 11.0. The number of hydrogen-bond acceptors (Lipinski definition) is 1. The second-order valence-electron chi connectivity index (χ2n) is 2.58. The zero-order valence-corrected chi connectivity index (χ0v) is 7.27. The van der Waals surface area contributed by atoms with E-state index in [2.05, 4.69) is 11.9 Å². The van der Waals surface area contributed by atoms with Crippen LogP contribution in [0.3, 0.4) is 0 Å². The van der Waals surface area contributed by atoms with Gasteiger partial charge < -0.3 is 0 Å². The minimum Gasteiger partial charge on any atom is -0.298 e. The molecule has 0 amide bonds. The first-order valence-electron chi connectivity index (χ1n) is 4.36. The number of aliphatic imine (C=N–C) groups is 1. The molecule has 0 heterocycles. The van der Waals surface area contributed by atoms with Gasteiger partial charge in [0, 0.05) is 6.54 Å². The maximum absolute atomic E-state index is 4.14. The molecule has 0 aliphatic rings. The molecule has 60 valence electrons. The Labute approximate surface area is 64.6 Å². The van der Waals surface area contributed by atoms with E-state index in [-0.39, 0.29) is 0 Å². The van der Waals surface area contributed by atoms with E-state index < -0.39 is 0 Å². The van der Waals surface area contributed by atoms with Crippen LogP contribution in [0.25, 0.3) is 0 Å². The van der Waals surface area contributed by atoms with E-state index in [1.807, 2.05) is 13.1 Å². The number of nitrogens with zero attached hydrogens (tertiary/aromatic N) is 1. The number of hydrogen-bond donors (Lipinski definition) is 0. The minimum absolute atomic E-state index is 1.03. The lowest BCUT2D eigenvalue weighted by Gasteiger charge is -1.94. The topological polar surface area (TPSA) is 12.4 Å². The third-order valence-electron chi connectivity index (χ3n) is 1.57. The summed E-state index contributed by atoms with van der Waals surface area (Å²) < 4.78 is 0. The molecule has 0 rings (SSSR count). The van der Waals surface area contributed by atoms with Crippen LogP contribution >= 0.6 is 0 Å². The summed E-state index contributed by atoms with van der Waals surface area (Å²) in [5, 5.41) is 0. The largest absolute Gasteiger partial charge is 0.298 e. The number of rotatable bonds is 6. The van der Waals surface area contributed by atoms with Crippen molar-refractivity contribution in [3.8, 4) is 0 Å². The first kappa shape index (κ1) is 9.67. The highest BCUT2D eigenvalue weighted by Crippen LogP contribution is 2.01. The smallest absolute Gasteiger partial charge is 0.0385 e. The van der Waals surface area contributed by atoms with Crippen molar-refractivity contribution >= 4 is 6.21 Å². The van der Waals surface area contributed by atoms with Gasteiger partial charge in [0.15, 0.2) is 0 Å². The third-order valence-corrected chi connectivity index (χ3v) is 1.57. The van der Waals surface area contributed by atoms with Crippen LogP contribution in [0, 0.1) is 0 Å². The van der Waals surface area contributed by atoms with E-state index >= 15 is 0 Å². The molecule has 0 radical (unpaired) electrons. The molecule has 0 N–H and O–H groups in total. The average Bonchev–Trinajstić information content (AvgIpc) is 1.97. The van der Waals surface area contributed by atoms with Gasteiger partial charge in [-0.1, -0.05) is 32.6 Å². The van der Waals surface area contributed by atoms with Crippen LogP contribution in [0.15, 0.2) is 4.99 Å². The monoisotopic (exact) mass is 141 g/mol. The van der Waals surface area contributed by atoms with Gasteiger partial charge in [0.05, 0.1) is 0 Å². The van der Waals surface area contributed by atoms with E-state index in [4.69, 9.17) is 0 Å². The highest BCUT2D eigenvalue weighted by molar-refractivity contribution is 5.53. The molecular formula is C9H19N. The zero-order valence-electron chi connectivity index (χ0n) is 7.27. The molecule has 0 aromatic heterocycles. The van der Waals surface area contributed by atoms with Crippen molar-refractivity contribution in [3.63, 3.8) is 0 Å². The van der Waals surface area contributed by atoms with Gasteiger partial charge in [0.2, 0.25) is 0 Å². The quantitative estimate of drug-likeness (QED) is 0.398. The third kappa shape index (κ3) is 7.67. The van der Waals surface area contributed by atoms with Crippen molar-refractivity contribution in [2.45, 2.75) is 46.0 Å². The van der Waals surface area contributed by atoms with Crippen LogP contribution in [0.4, 0.5) is 0 Å². The van der Waals surface area contributed by atoms with Gasteiger partial charge >= 0.3 is 0 Å². The van der Waals surface area contributed by atoms with Crippen LogP contribution in [0.2, 0.25) is 0 Å². The zero-order chi connectivity index (χ0) is 7.66. The Bertz CT molecular complexity index is 76.8. The van der Waals surface area contributed by atoms with E-state index in [0.717, 1.165) is 6.54 Å². The molecule has 1 nitrogen and oxygen atoms in total. The molecule has 1 heteroatoms. The molecule has 0 atom stereocenters. The van der Waals surface area contributed by atoms with E-state index in [0.29, 0.717) is 0 Å². The van der Waals surface area contributed by atoms with Crippen molar-refractivity contribution in [2.24, 2.45) is 4.99 Å². The summed E-state index contributed by atoms with van der Waals surface area (Å²) in [6.07, 6.45) is 8.61. The first-order valence-corrected chi connectivity index (χ1v) is 4.36. The summed E-state index contributed by atoms with van der Waals surface area (Å²) in [5.41, 5.74) is 0. The standard InChI is InChI=1S/C9H19N/c1-3-5-6-7-8-9-10-4-2/h4H,3,5-9H2,1-2H3. The molecule has 0 aromatic rings. The Morgan fingerprint density at radius 1 is 1.10 bits per heavy atom. The van der Waals surface area contributed by atoms with Crippen LogP contribution in [0.5, 0.6) is 0 Å². The maximum atomic E-state index is 4.14. The predicted octanol–water partition coefficient (Wildman–Crippen LogP) is 3.05. The molecule has 0 aliphatic heterocycles. The molecule has 0 spiro atoms. The van der Waals surface area contributed by atoms with Crippen LogP contribution in [-0.4, -0.2) is 12.8 Å². The Kier molecular flexibility index (Phi) is 8.38. The second-order valence-corrected chi connectivity index (χ2v) is 2.58. The molecule has 0 unspecified atom stereocenters. The lowest BCUT2D eigenvalue weighted by atomic mass is 10.2. The second kappa shape index (κ2) is 8.67. The van der Waals surface area contributed by atoms with E-state index in [1.54, 1.807) is 0 Å². The lowest BCUT2D eigenvalue weighted by Crippen LogP contribution is -1.81. The van der Waals surface area contributed by atoms with Crippen molar-refractivity contribution < 1.29 is 0 Å². The Morgan fingerprint density at radius 3 is 2.40 bits per heavy atom. The van der Waals surface area contributed by atoms with Gasteiger partial charge in [-0.05, 0) is 19.6 Å². The molecule has 0 fully saturated rings. The summed E-state index contributed by atoms with van der Waals surface area (Å²) >= 11 is 0. The van der Waals surface area contributed by atoms with Crippen molar-refractivity contribution in [1.82, 2.24) is 0 Å². The summed E-state index contributed by atoms with van der Waals surface area (Å²) in [5.74, 6) is 0. The molecule has 0 saturated heterocycles. The SMILES string of the molecule is CC=NCCCCCCC. The van der Waals surface area contributed by atoms with Crippen LogP contribution < -0.4 is 0 Å². The maximum Gasteiger partial charge on any atom is 0.0385 e. The molecule has 0 aromatic carbocycles. The Morgan fingerprint density at radius 2 is 1.80 bits per heavy atom.